The van der Waals surface area contributed by atoms with Crippen molar-refractivity contribution in [1.82, 2.24) is 14.8 Å². The highest BCUT2D eigenvalue weighted by Gasteiger charge is 2.16. The second kappa shape index (κ2) is 10.2. The molecule has 0 amide bonds. The summed E-state index contributed by atoms with van der Waals surface area (Å²) in [6.07, 6.45) is 0.854. The summed E-state index contributed by atoms with van der Waals surface area (Å²) in [6.45, 7) is 2.72. The Bertz CT molecular complexity index is 1510. The summed E-state index contributed by atoms with van der Waals surface area (Å²) in [6, 6.07) is 25.7. The molecule has 6 nitrogen and oxygen atoms in total. The quantitative estimate of drug-likeness (QED) is 0.202. The second-order valence-electron chi connectivity index (χ2n) is 8.30. The molecule has 0 atom stereocenters. The Morgan fingerprint density at radius 2 is 1.77 bits per heavy atom. The zero-order chi connectivity index (χ0) is 24.2. The molecule has 0 saturated carbocycles. The fourth-order valence-electron chi connectivity index (χ4n) is 4.04. The maximum absolute atomic E-state index is 12.2. The Morgan fingerprint density at radius 1 is 0.971 bits per heavy atom. The summed E-state index contributed by atoms with van der Waals surface area (Å²) in [7, 11) is 1.65. The van der Waals surface area contributed by atoms with Gasteiger partial charge in [-0.3, -0.25) is 0 Å². The fourth-order valence-corrected chi connectivity index (χ4v) is 4.99. The van der Waals surface area contributed by atoms with Crippen LogP contribution in [0.15, 0.2) is 93.2 Å². The van der Waals surface area contributed by atoms with Crippen molar-refractivity contribution in [2.75, 3.05) is 7.11 Å². The Labute approximate surface area is 207 Å². The zero-order valence-corrected chi connectivity index (χ0v) is 20.4. The van der Waals surface area contributed by atoms with Crippen molar-refractivity contribution in [2.24, 2.45) is 0 Å². The minimum absolute atomic E-state index is 0.344. The molecule has 5 rings (SSSR count). The summed E-state index contributed by atoms with van der Waals surface area (Å²) in [5.74, 6) is 2.18. The first-order valence-electron chi connectivity index (χ1n) is 11.4. The van der Waals surface area contributed by atoms with E-state index >= 15 is 0 Å². The van der Waals surface area contributed by atoms with Crippen LogP contribution >= 0.6 is 11.8 Å². The molecular weight excluding hydrogens is 458 g/mol. The minimum atomic E-state index is -0.344. The van der Waals surface area contributed by atoms with Crippen LogP contribution in [-0.4, -0.2) is 21.9 Å². The van der Waals surface area contributed by atoms with Crippen molar-refractivity contribution in [3.8, 4) is 17.1 Å². The Kier molecular flexibility index (Phi) is 6.68. The predicted molar refractivity (Wildman–Crippen MR) is 139 cm³/mol. The minimum Gasteiger partial charge on any atom is -0.497 e. The highest BCUT2D eigenvalue weighted by molar-refractivity contribution is 7.98. The van der Waals surface area contributed by atoms with Crippen molar-refractivity contribution >= 4 is 22.7 Å². The topological polar surface area (TPSA) is 70.2 Å². The van der Waals surface area contributed by atoms with E-state index in [1.165, 1.54) is 5.56 Å². The van der Waals surface area contributed by atoms with Crippen molar-refractivity contribution < 1.29 is 9.15 Å². The first kappa shape index (κ1) is 22.9. The third-order valence-corrected chi connectivity index (χ3v) is 6.89. The van der Waals surface area contributed by atoms with Crippen molar-refractivity contribution in [1.29, 1.82) is 0 Å². The predicted octanol–water partition coefficient (Wildman–Crippen LogP) is 5.90. The van der Waals surface area contributed by atoms with Gasteiger partial charge in [-0.1, -0.05) is 54.2 Å². The molecule has 3 aromatic carbocycles. The molecule has 176 valence electrons. The first-order chi connectivity index (χ1) is 17.1. The molecule has 0 aliphatic rings. The number of methoxy groups -OCH3 is 1. The van der Waals surface area contributed by atoms with Crippen LogP contribution in [0.5, 0.6) is 5.75 Å². The number of aryl methyl sites for hydroxylation is 2. The van der Waals surface area contributed by atoms with Gasteiger partial charge in [0.05, 0.1) is 7.11 Å². The molecule has 2 aromatic heterocycles. The number of nitrogens with zero attached hydrogens (tertiary/aromatic N) is 3. The number of aromatic nitrogens is 3. The lowest BCUT2D eigenvalue weighted by atomic mass is 10.1. The van der Waals surface area contributed by atoms with Gasteiger partial charge in [-0.2, -0.15) is 0 Å². The largest absolute Gasteiger partial charge is 0.497 e. The van der Waals surface area contributed by atoms with E-state index in [9.17, 15) is 4.79 Å². The van der Waals surface area contributed by atoms with Gasteiger partial charge in [0.15, 0.2) is 11.0 Å². The van der Waals surface area contributed by atoms with Gasteiger partial charge in [0, 0.05) is 29.3 Å². The summed E-state index contributed by atoms with van der Waals surface area (Å²) in [4.78, 5) is 12.2. The molecule has 0 radical (unpaired) electrons. The molecule has 0 fully saturated rings. The van der Waals surface area contributed by atoms with Gasteiger partial charge in [-0.05, 0) is 60.4 Å². The molecule has 7 heteroatoms. The third kappa shape index (κ3) is 5.15. The molecule has 5 aromatic rings. The van der Waals surface area contributed by atoms with Gasteiger partial charge in [0.1, 0.15) is 11.3 Å². The van der Waals surface area contributed by atoms with Crippen LogP contribution in [-0.2, 0) is 18.7 Å². The van der Waals surface area contributed by atoms with Crippen LogP contribution < -0.4 is 10.4 Å². The maximum Gasteiger partial charge on any atom is 0.336 e. The van der Waals surface area contributed by atoms with E-state index in [-0.39, 0.29) is 5.63 Å². The van der Waals surface area contributed by atoms with Crippen LogP contribution in [0.4, 0.5) is 0 Å². The van der Waals surface area contributed by atoms with Crippen molar-refractivity contribution in [2.45, 2.75) is 30.8 Å². The lowest BCUT2D eigenvalue weighted by molar-refractivity contribution is 0.415. The molecule has 0 aliphatic heterocycles. The van der Waals surface area contributed by atoms with Gasteiger partial charge in [0.25, 0.3) is 0 Å². The SMILES string of the molecule is COc1ccc(-c2nnc(SCc3cc(=O)oc4cc(C)ccc34)n2CCc2ccccc2)cc1. The van der Waals surface area contributed by atoms with Crippen LogP contribution in [0.3, 0.4) is 0 Å². The normalized spacial score (nSPS) is 11.1. The van der Waals surface area contributed by atoms with E-state index in [0.717, 1.165) is 51.8 Å². The Morgan fingerprint density at radius 3 is 2.54 bits per heavy atom. The Balaban J connectivity index is 1.46. The summed E-state index contributed by atoms with van der Waals surface area (Å²) in [5.41, 5.74) is 4.46. The van der Waals surface area contributed by atoms with Crippen molar-refractivity contribution in [3.05, 3.63) is 106 Å². The fraction of sp³-hybridized carbons (Fsp3) is 0.179. The number of ether oxygens (including phenoxy) is 1. The number of benzene rings is 3. The number of rotatable bonds is 8. The lowest BCUT2D eigenvalue weighted by Crippen LogP contribution is -2.06. The summed E-state index contributed by atoms with van der Waals surface area (Å²) >= 11 is 1.57. The monoisotopic (exact) mass is 483 g/mol. The molecule has 2 heterocycles. The standard InChI is InChI=1S/C28H25N3O3S/c1-19-8-13-24-22(17-26(32)34-25(24)16-19)18-35-28-30-29-27(21-9-11-23(33-2)12-10-21)31(28)15-14-20-6-4-3-5-7-20/h3-13,16-17H,14-15,18H2,1-2H3. The molecule has 0 unspecified atom stereocenters. The summed E-state index contributed by atoms with van der Waals surface area (Å²) in [5, 5.41) is 10.8. The molecule has 0 N–H and O–H groups in total. The van der Waals surface area contributed by atoms with Crippen LogP contribution in [0, 0.1) is 6.92 Å². The zero-order valence-electron chi connectivity index (χ0n) is 19.6. The number of hydrogen-bond acceptors (Lipinski definition) is 6. The van der Waals surface area contributed by atoms with Gasteiger partial charge in [-0.15, -0.1) is 10.2 Å². The molecule has 0 spiro atoms. The van der Waals surface area contributed by atoms with Crippen LogP contribution in [0.25, 0.3) is 22.4 Å². The van der Waals surface area contributed by atoms with Gasteiger partial charge in [0.2, 0.25) is 0 Å². The first-order valence-corrected chi connectivity index (χ1v) is 12.4. The average Bonchev–Trinajstić information content (AvgIpc) is 3.29. The average molecular weight is 484 g/mol. The molecule has 0 bridgehead atoms. The smallest absolute Gasteiger partial charge is 0.336 e. The molecule has 0 aliphatic carbocycles. The highest BCUT2D eigenvalue weighted by atomic mass is 32.2. The van der Waals surface area contributed by atoms with E-state index in [0.29, 0.717) is 11.3 Å². The maximum atomic E-state index is 12.2. The van der Waals surface area contributed by atoms with Crippen molar-refractivity contribution in [3.63, 3.8) is 0 Å². The van der Waals surface area contributed by atoms with Gasteiger partial charge in [-0.25, -0.2) is 4.79 Å². The number of hydrogen-bond donors (Lipinski definition) is 0. The Hall–Kier alpha value is -3.84. The molecule has 0 saturated heterocycles. The second-order valence-corrected chi connectivity index (χ2v) is 9.24. The third-order valence-electron chi connectivity index (χ3n) is 5.87. The number of fused-ring (bicyclic) bond motifs is 1. The van der Waals surface area contributed by atoms with E-state index in [1.807, 2.05) is 55.5 Å². The molecular formula is C28H25N3O3S. The van der Waals surface area contributed by atoms with Gasteiger partial charge < -0.3 is 13.7 Å². The van der Waals surface area contributed by atoms with E-state index in [2.05, 4.69) is 39.0 Å². The van der Waals surface area contributed by atoms with E-state index in [1.54, 1.807) is 24.9 Å². The summed E-state index contributed by atoms with van der Waals surface area (Å²) < 4.78 is 12.9. The molecule has 35 heavy (non-hydrogen) atoms. The van der Waals surface area contributed by atoms with Gasteiger partial charge >= 0.3 is 5.63 Å². The van der Waals surface area contributed by atoms with Crippen LogP contribution in [0.1, 0.15) is 16.7 Å². The number of thioether (sulfide) groups is 1. The highest BCUT2D eigenvalue weighted by Crippen LogP contribution is 2.30. The van der Waals surface area contributed by atoms with E-state index in [4.69, 9.17) is 9.15 Å². The van der Waals surface area contributed by atoms with E-state index < -0.39 is 0 Å². The lowest BCUT2D eigenvalue weighted by Gasteiger charge is -2.11. The van der Waals surface area contributed by atoms with Crippen LogP contribution in [0.2, 0.25) is 0 Å².